The summed E-state index contributed by atoms with van der Waals surface area (Å²) in [5.74, 6) is -1.91. The Morgan fingerprint density at radius 1 is 0.946 bits per heavy atom. The number of hydrogen-bond donors (Lipinski definition) is 3. The van der Waals surface area contributed by atoms with E-state index in [0.717, 1.165) is 18.4 Å². The molecule has 2 rings (SSSR count). The summed E-state index contributed by atoms with van der Waals surface area (Å²) in [5, 5.41) is 8.05. The first-order chi connectivity index (χ1) is 17.1. The second-order valence-corrected chi connectivity index (χ2v) is 11.7. The van der Waals surface area contributed by atoms with Gasteiger partial charge in [0.15, 0.2) is 0 Å². The summed E-state index contributed by atoms with van der Waals surface area (Å²) in [6.45, 7) is 13.2. The molecule has 1 saturated carbocycles. The molecule has 1 aromatic rings. The van der Waals surface area contributed by atoms with Gasteiger partial charge in [0.1, 0.15) is 17.7 Å². The van der Waals surface area contributed by atoms with Gasteiger partial charge in [0, 0.05) is 12.5 Å². The predicted octanol–water partition coefficient (Wildman–Crippen LogP) is 3.30. The van der Waals surface area contributed by atoms with Gasteiger partial charge in [0.2, 0.25) is 11.7 Å². The van der Waals surface area contributed by atoms with E-state index in [2.05, 4.69) is 16.0 Å². The minimum atomic E-state index is -1.07. The number of Topliss-reactive ketones (excluding diaryl/α,β-unsaturated/α-hetero) is 1. The Hall–Kier alpha value is -2.94. The molecule has 1 aromatic carbocycles. The van der Waals surface area contributed by atoms with E-state index >= 15 is 0 Å². The standard InChI is InChI=1S/C28H43N3O6/c1-18(2)15-22(31-26(35)37-28(6,7)17-36-27(3,4)5)24(33)30-21(16-19-11-9-8-10-12-19)23(32)25(34)29-20-13-14-20/h8-12,18,20-22H,13-17H2,1-7H3,(H,29,34)(H,30,33)(H,31,35)/t21-,22-/m0/s1. The van der Waals surface area contributed by atoms with E-state index in [4.69, 9.17) is 9.47 Å². The van der Waals surface area contributed by atoms with Crippen molar-refractivity contribution >= 4 is 23.7 Å². The number of rotatable bonds is 13. The second kappa shape index (κ2) is 13.0. The topological polar surface area (TPSA) is 123 Å². The summed E-state index contributed by atoms with van der Waals surface area (Å²) in [6.07, 6.45) is 1.39. The monoisotopic (exact) mass is 517 g/mol. The summed E-state index contributed by atoms with van der Waals surface area (Å²) >= 11 is 0. The molecule has 0 bridgehead atoms. The van der Waals surface area contributed by atoms with Gasteiger partial charge >= 0.3 is 6.09 Å². The molecule has 3 amide bonds. The molecule has 9 heteroatoms. The van der Waals surface area contributed by atoms with Crippen LogP contribution in [-0.4, -0.2) is 59.6 Å². The highest BCUT2D eigenvalue weighted by Crippen LogP contribution is 2.19. The zero-order valence-corrected chi connectivity index (χ0v) is 23.2. The fraction of sp³-hybridized carbons (Fsp3) is 0.643. The van der Waals surface area contributed by atoms with E-state index in [1.54, 1.807) is 13.8 Å². The normalized spacial score (nSPS) is 15.5. The largest absolute Gasteiger partial charge is 0.441 e. The van der Waals surface area contributed by atoms with Crippen molar-refractivity contribution in [3.8, 4) is 0 Å². The zero-order chi connectivity index (χ0) is 27.8. The van der Waals surface area contributed by atoms with Gasteiger partial charge in [-0.15, -0.1) is 0 Å². The SMILES string of the molecule is CC(C)C[C@H](NC(=O)OC(C)(C)COC(C)(C)C)C(=O)N[C@@H](Cc1ccccc1)C(=O)C(=O)NC1CC1. The second-order valence-electron chi connectivity index (χ2n) is 11.7. The van der Waals surface area contributed by atoms with Gasteiger partial charge in [0.05, 0.1) is 12.2 Å². The predicted molar refractivity (Wildman–Crippen MR) is 141 cm³/mol. The van der Waals surface area contributed by atoms with Gasteiger partial charge in [0.25, 0.3) is 5.91 Å². The van der Waals surface area contributed by atoms with Crippen molar-refractivity contribution in [3.63, 3.8) is 0 Å². The molecule has 2 atom stereocenters. The van der Waals surface area contributed by atoms with Crippen molar-refractivity contribution in [1.82, 2.24) is 16.0 Å². The first-order valence-corrected chi connectivity index (χ1v) is 13.0. The van der Waals surface area contributed by atoms with Crippen molar-refractivity contribution in [2.75, 3.05) is 6.61 Å². The summed E-state index contributed by atoms with van der Waals surface area (Å²) in [6, 6.07) is 7.14. The highest BCUT2D eigenvalue weighted by molar-refractivity contribution is 6.38. The van der Waals surface area contributed by atoms with Crippen molar-refractivity contribution in [3.05, 3.63) is 35.9 Å². The Kier molecular flexibility index (Phi) is 10.7. The minimum absolute atomic E-state index is 0.0141. The number of hydrogen-bond acceptors (Lipinski definition) is 6. The average molecular weight is 518 g/mol. The molecule has 0 radical (unpaired) electrons. The third-order valence-corrected chi connectivity index (χ3v) is 5.59. The van der Waals surface area contributed by atoms with Gasteiger partial charge in [-0.1, -0.05) is 44.2 Å². The molecule has 0 aromatic heterocycles. The number of ether oxygens (including phenoxy) is 2. The first-order valence-electron chi connectivity index (χ1n) is 13.0. The average Bonchev–Trinajstić information content (AvgIpc) is 3.60. The Bertz CT molecular complexity index is 935. The Balaban J connectivity index is 2.11. The lowest BCUT2D eigenvalue weighted by Gasteiger charge is -2.30. The molecule has 1 fully saturated rings. The van der Waals surface area contributed by atoms with E-state index in [9.17, 15) is 19.2 Å². The Labute approximate surface area is 220 Å². The maximum atomic E-state index is 13.3. The van der Waals surface area contributed by atoms with Crippen LogP contribution in [0.3, 0.4) is 0 Å². The molecular weight excluding hydrogens is 474 g/mol. The lowest BCUT2D eigenvalue weighted by atomic mass is 9.99. The first kappa shape index (κ1) is 30.3. The van der Waals surface area contributed by atoms with E-state index in [1.807, 2.05) is 65.0 Å². The van der Waals surface area contributed by atoms with Crippen LogP contribution >= 0.6 is 0 Å². The molecular formula is C28H43N3O6. The van der Waals surface area contributed by atoms with Gasteiger partial charge < -0.3 is 25.4 Å². The molecule has 1 aliphatic rings. The van der Waals surface area contributed by atoms with E-state index in [0.29, 0.717) is 6.42 Å². The number of amides is 3. The zero-order valence-electron chi connectivity index (χ0n) is 23.2. The minimum Gasteiger partial charge on any atom is -0.441 e. The number of alkyl carbamates (subject to hydrolysis) is 1. The van der Waals surface area contributed by atoms with Crippen LogP contribution in [0.1, 0.15) is 73.3 Å². The molecule has 0 unspecified atom stereocenters. The Morgan fingerprint density at radius 2 is 1.57 bits per heavy atom. The smallest absolute Gasteiger partial charge is 0.408 e. The van der Waals surface area contributed by atoms with Crippen LogP contribution in [0.15, 0.2) is 30.3 Å². The van der Waals surface area contributed by atoms with Crippen molar-refractivity contribution in [2.45, 2.75) is 103 Å². The fourth-order valence-electron chi connectivity index (χ4n) is 3.52. The number of benzene rings is 1. The van der Waals surface area contributed by atoms with E-state index in [-0.39, 0.29) is 25.0 Å². The fourth-order valence-corrected chi connectivity index (χ4v) is 3.52. The van der Waals surface area contributed by atoms with Gasteiger partial charge in [-0.2, -0.15) is 0 Å². The number of nitrogens with one attached hydrogen (secondary N) is 3. The number of carbonyl (C=O) groups excluding carboxylic acids is 4. The third kappa shape index (κ3) is 11.8. The maximum Gasteiger partial charge on any atom is 0.408 e. The van der Waals surface area contributed by atoms with E-state index in [1.165, 1.54) is 0 Å². The Morgan fingerprint density at radius 3 is 2.11 bits per heavy atom. The van der Waals surface area contributed by atoms with Crippen LogP contribution < -0.4 is 16.0 Å². The van der Waals surface area contributed by atoms with E-state index < -0.39 is 47.0 Å². The number of carbonyl (C=O) groups is 4. The molecule has 206 valence electrons. The lowest BCUT2D eigenvalue weighted by Crippen LogP contribution is -2.55. The summed E-state index contributed by atoms with van der Waals surface area (Å²) in [5.41, 5.74) is -0.527. The summed E-state index contributed by atoms with van der Waals surface area (Å²) in [4.78, 5) is 51.5. The van der Waals surface area contributed by atoms with Crippen LogP contribution in [0.2, 0.25) is 0 Å². The molecule has 3 N–H and O–H groups in total. The van der Waals surface area contributed by atoms with Crippen molar-refractivity contribution in [2.24, 2.45) is 5.92 Å². The maximum absolute atomic E-state index is 13.3. The third-order valence-electron chi connectivity index (χ3n) is 5.59. The van der Waals surface area contributed by atoms with Gasteiger partial charge in [-0.25, -0.2) is 4.79 Å². The van der Waals surface area contributed by atoms with Crippen LogP contribution in [-0.2, 0) is 30.3 Å². The van der Waals surface area contributed by atoms with Crippen LogP contribution in [0.5, 0.6) is 0 Å². The molecule has 0 heterocycles. The van der Waals surface area contributed by atoms with Crippen LogP contribution in [0.25, 0.3) is 0 Å². The highest BCUT2D eigenvalue weighted by atomic mass is 16.6. The molecule has 0 spiro atoms. The van der Waals surface area contributed by atoms with Crippen LogP contribution in [0, 0.1) is 5.92 Å². The van der Waals surface area contributed by atoms with Crippen LogP contribution in [0.4, 0.5) is 4.79 Å². The quantitative estimate of drug-likeness (QED) is 0.345. The summed E-state index contributed by atoms with van der Waals surface area (Å²) < 4.78 is 11.3. The number of ketones is 1. The van der Waals surface area contributed by atoms with Gasteiger partial charge in [-0.05, 0) is 65.4 Å². The molecule has 0 saturated heterocycles. The highest BCUT2D eigenvalue weighted by Gasteiger charge is 2.34. The lowest BCUT2D eigenvalue weighted by molar-refractivity contribution is -0.140. The van der Waals surface area contributed by atoms with Gasteiger partial charge in [-0.3, -0.25) is 14.4 Å². The molecule has 37 heavy (non-hydrogen) atoms. The summed E-state index contributed by atoms with van der Waals surface area (Å²) in [7, 11) is 0. The molecule has 1 aliphatic carbocycles. The molecule has 0 aliphatic heterocycles. The van der Waals surface area contributed by atoms with Crippen molar-refractivity contribution in [1.29, 1.82) is 0 Å². The molecule has 9 nitrogen and oxygen atoms in total. The van der Waals surface area contributed by atoms with Crippen molar-refractivity contribution < 1.29 is 28.7 Å².